The number of hydrogen-bond acceptors (Lipinski definition) is 5. The van der Waals surface area contributed by atoms with Crippen LogP contribution in [-0.4, -0.2) is 58.7 Å². The highest BCUT2D eigenvalue weighted by molar-refractivity contribution is 5.91. The van der Waals surface area contributed by atoms with Crippen molar-refractivity contribution in [3.05, 3.63) is 65.2 Å². The van der Waals surface area contributed by atoms with E-state index in [1.54, 1.807) is 12.1 Å². The van der Waals surface area contributed by atoms with Gasteiger partial charge in [0, 0.05) is 25.9 Å². The van der Waals surface area contributed by atoms with Crippen molar-refractivity contribution in [3.63, 3.8) is 0 Å². The maximum absolute atomic E-state index is 12.8. The van der Waals surface area contributed by atoms with Crippen molar-refractivity contribution in [2.45, 2.75) is 37.3 Å². The van der Waals surface area contributed by atoms with Gasteiger partial charge >= 0.3 is 5.97 Å². The van der Waals surface area contributed by atoms with E-state index in [9.17, 15) is 14.7 Å². The zero-order valence-corrected chi connectivity index (χ0v) is 16.8. The van der Waals surface area contributed by atoms with Crippen LogP contribution in [0.4, 0.5) is 0 Å². The van der Waals surface area contributed by atoms with Gasteiger partial charge in [0.15, 0.2) is 5.72 Å². The van der Waals surface area contributed by atoms with Crippen molar-refractivity contribution in [3.8, 4) is 5.75 Å². The molecule has 0 aliphatic carbocycles. The number of amides is 1. The van der Waals surface area contributed by atoms with Gasteiger partial charge in [0.2, 0.25) is 5.91 Å². The molecule has 3 fully saturated rings. The fourth-order valence-electron chi connectivity index (χ4n) is 5.19. The van der Waals surface area contributed by atoms with E-state index in [0.29, 0.717) is 25.3 Å². The highest BCUT2D eigenvalue weighted by Gasteiger charge is 2.63. The molecule has 5 rings (SSSR count). The molecule has 7 heteroatoms. The zero-order chi connectivity index (χ0) is 20.9. The average molecular weight is 408 g/mol. The van der Waals surface area contributed by atoms with Crippen LogP contribution >= 0.6 is 0 Å². The Balaban J connectivity index is 1.39. The van der Waals surface area contributed by atoms with E-state index in [0.717, 1.165) is 24.1 Å². The van der Waals surface area contributed by atoms with Gasteiger partial charge in [-0.1, -0.05) is 36.4 Å². The number of carbonyl (C=O) groups is 2. The van der Waals surface area contributed by atoms with Gasteiger partial charge in [0.05, 0.1) is 19.7 Å². The van der Waals surface area contributed by atoms with Crippen LogP contribution in [0.15, 0.2) is 48.5 Å². The number of methoxy groups -OCH3 is 1. The van der Waals surface area contributed by atoms with Gasteiger partial charge in [-0.15, -0.1) is 0 Å². The van der Waals surface area contributed by atoms with E-state index in [4.69, 9.17) is 9.47 Å². The lowest BCUT2D eigenvalue weighted by Gasteiger charge is -2.32. The number of ether oxygens (including phenoxy) is 2. The number of aromatic carboxylic acids is 1. The number of rotatable bonds is 5. The van der Waals surface area contributed by atoms with Crippen molar-refractivity contribution in [1.29, 1.82) is 0 Å². The topological polar surface area (TPSA) is 79.3 Å². The summed E-state index contributed by atoms with van der Waals surface area (Å²) in [7, 11) is 1.46. The molecule has 1 N–H and O–H groups in total. The summed E-state index contributed by atoms with van der Waals surface area (Å²) >= 11 is 0. The predicted octanol–water partition coefficient (Wildman–Crippen LogP) is 2.67. The molecule has 2 aromatic carbocycles. The summed E-state index contributed by atoms with van der Waals surface area (Å²) in [5, 5.41) is 9.46. The lowest BCUT2D eigenvalue weighted by Crippen LogP contribution is -2.47. The third-order valence-electron chi connectivity index (χ3n) is 6.59. The van der Waals surface area contributed by atoms with Crippen LogP contribution in [0.5, 0.6) is 5.75 Å². The Hall–Kier alpha value is -2.90. The summed E-state index contributed by atoms with van der Waals surface area (Å²) in [6.07, 6.45) is 1.08. The largest absolute Gasteiger partial charge is 0.496 e. The Morgan fingerprint density at radius 3 is 2.80 bits per heavy atom. The molecule has 0 saturated carbocycles. The molecule has 3 saturated heterocycles. The summed E-state index contributed by atoms with van der Waals surface area (Å²) in [5.74, 6) is -0.543. The molecule has 3 atom stereocenters. The molecule has 156 valence electrons. The molecule has 0 aromatic heterocycles. The van der Waals surface area contributed by atoms with E-state index in [1.807, 2.05) is 41.3 Å². The van der Waals surface area contributed by atoms with Crippen LogP contribution in [0.3, 0.4) is 0 Å². The highest BCUT2D eigenvalue weighted by Crippen LogP contribution is 2.50. The molecule has 3 aliphatic heterocycles. The standard InChI is InChI=1S/C23H24N2O5/c1-29-18-8-7-15(11-17(18)22(27)28)13-24-10-9-23-20(24)12-21(26)25(23)14-19(30-23)16-5-3-2-4-6-16/h2-8,11,19-20H,9-10,12-14H2,1H3,(H,27,28)/t19-,20-,23+/m1/s1. The van der Waals surface area contributed by atoms with Crippen LogP contribution < -0.4 is 4.74 Å². The van der Waals surface area contributed by atoms with Gasteiger partial charge in [-0.2, -0.15) is 0 Å². The summed E-state index contributed by atoms with van der Waals surface area (Å²) < 4.78 is 11.7. The number of carboxylic acids is 1. The van der Waals surface area contributed by atoms with Crippen LogP contribution in [0.2, 0.25) is 0 Å². The number of nitrogens with zero attached hydrogens (tertiary/aromatic N) is 2. The lowest BCUT2D eigenvalue weighted by molar-refractivity contribution is -0.138. The van der Waals surface area contributed by atoms with E-state index in [2.05, 4.69) is 4.90 Å². The number of benzene rings is 2. The lowest BCUT2D eigenvalue weighted by atomic mass is 10.0. The second-order valence-electron chi connectivity index (χ2n) is 8.15. The van der Waals surface area contributed by atoms with E-state index in [-0.39, 0.29) is 23.6 Å². The monoisotopic (exact) mass is 408 g/mol. The number of carbonyl (C=O) groups excluding carboxylic acids is 1. The van der Waals surface area contributed by atoms with Gasteiger partial charge < -0.3 is 19.5 Å². The molecule has 1 spiro atoms. The van der Waals surface area contributed by atoms with Crippen molar-refractivity contribution in [2.75, 3.05) is 20.2 Å². The minimum absolute atomic E-state index is 0.0332. The van der Waals surface area contributed by atoms with Crippen LogP contribution in [-0.2, 0) is 16.1 Å². The van der Waals surface area contributed by atoms with Crippen molar-refractivity contribution < 1.29 is 24.2 Å². The van der Waals surface area contributed by atoms with Crippen molar-refractivity contribution >= 4 is 11.9 Å². The van der Waals surface area contributed by atoms with E-state index < -0.39 is 11.7 Å². The van der Waals surface area contributed by atoms with E-state index in [1.165, 1.54) is 7.11 Å². The highest BCUT2D eigenvalue weighted by atomic mass is 16.5. The van der Waals surface area contributed by atoms with Gasteiger partial charge in [0.1, 0.15) is 17.4 Å². The first-order valence-electron chi connectivity index (χ1n) is 10.2. The molecule has 3 heterocycles. The summed E-state index contributed by atoms with van der Waals surface area (Å²) in [6, 6.07) is 15.2. The summed E-state index contributed by atoms with van der Waals surface area (Å²) in [4.78, 5) is 28.5. The van der Waals surface area contributed by atoms with Crippen LogP contribution in [0.25, 0.3) is 0 Å². The minimum atomic E-state index is -1.02. The molecule has 0 bridgehead atoms. The Bertz CT molecular complexity index is 994. The number of carboxylic acid groups (broad SMARTS) is 1. The molecular formula is C23H24N2O5. The first-order chi connectivity index (χ1) is 14.5. The quantitative estimate of drug-likeness (QED) is 0.820. The third kappa shape index (κ3) is 2.88. The second kappa shape index (κ2) is 7.11. The Morgan fingerprint density at radius 2 is 2.07 bits per heavy atom. The normalized spacial score (nSPS) is 27.9. The fraction of sp³-hybridized carbons (Fsp3) is 0.391. The van der Waals surface area contributed by atoms with Crippen LogP contribution in [0, 0.1) is 0 Å². The number of hydrogen-bond donors (Lipinski definition) is 1. The molecular weight excluding hydrogens is 384 g/mol. The Kier molecular flexibility index (Phi) is 4.52. The fourth-order valence-corrected chi connectivity index (χ4v) is 5.19. The zero-order valence-electron chi connectivity index (χ0n) is 16.8. The molecule has 30 heavy (non-hydrogen) atoms. The first kappa shape index (κ1) is 19.1. The molecule has 7 nitrogen and oxygen atoms in total. The minimum Gasteiger partial charge on any atom is -0.496 e. The molecule has 1 amide bonds. The average Bonchev–Trinajstić information content (AvgIpc) is 3.38. The summed E-state index contributed by atoms with van der Waals surface area (Å²) in [5.41, 5.74) is 1.54. The summed E-state index contributed by atoms with van der Waals surface area (Å²) in [6.45, 7) is 1.94. The molecule has 2 aromatic rings. The smallest absolute Gasteiger partial charge is 0.339 e. The molecule has 0 unspecified atom stereocenters. The second-order valence-corrected chi connectivity index (χ2v) is 8.15. The van der Waals surface area contributed by atoms with E-state index >= 15 is 0 Å². The maximum Gasteiger partial charge on any atom is 0.339 e. The Labute approximate surface area is 174 Å². The van der Waals surface area contributed by atoms with Gasteiger partial charge in [-0.3, -0.25) is 9.69 Å². The van der Waals surface area contributed by atoms with Gasteiger partial charge in [-0.25, -0.2) is 4.79 Å². The predicted molar refractivity (Wildman–Crippen MR) is 108 cm³/mol. The van der Waals surface area contributed by atoms with Crippen molar-refractivity contribution in [2.24, 2.45) is 0 Å². The SMILES string of the molecule is COc1ccc(CN2CC[C@@]34O[C@@H](c5ccccc5)CN3C(=O)C[C@@H]24)cc1C(=O)O. The maximum atomic E-state index is 12.8. The first-order valence-corrected chi connectivity index (χ1v) is 10.2. The van der Waals surface area contributed by atoms with Crippen molar-refractivity contribution in [1.82, 2.24) is 9.80 Å². The molecule has 3 aliphatic rings. The van der Waals surface area contributed by atoms with Crippen LogP contribution in [0.1, 0.15) is 40.4 Å². The molecule has 0 radical (unpaired) electrons. The van der Waals surface area contributed by atoms with Gasteiger partial charge in [0.25, 0.3) is 0 Å². The Morgan fingerprint density at radius 1 is 1.27 bits per heavy atom. The third-order valence-corrected chi connectivity index (χ3v) is 6.59. The van der Waals surface area contributed by atoms with Gasteiger partial charge in [-0.05, 0) is 23.3 Å². The number of likely N-dealkylation sites (tertiary alicyclic amines) is 1.